The summed E-state index contributed by atoms with van der Waals surface area (Å²) in [5.74, 6) is 1.02. The summed E-state index contributed by atoms with van der Waals surface area (Å²) in [5, 5.41) is 3.39. The van der Waals surface area contributed by atoms with E-state index in [4.69, 9.17) is 4.42 Å². The number of rotatable bonds is 5. The quantitative estimate of drug-likeness (QED) is 0.855. The van der Waals surface area contributed by atoms with Crippen molar-refractivity contribution in [3.63, 3.8) is 0 Å². The average molecular weight is 290 g/mol. The highest BCUT2D eigenvalue weighted by Gasteiger charge is 2.09. The Morgan fingerprint density at radius 3 is 2.55 bits per heavy atom. The molecule has 4 nitrogen and oxygen atoms in total. The van der Waals surface area contributed by atoms with Gasteiger partial charge in [-0.3, -0.25) is 4.79 Å². The van der Waals surface area contributed by atoms with Crippen molar-refractivity contribution in [2.45, 2.75) is 32.4 Å². The van der Waals surface area contributed by atoms with Gasteiger partial charge in [0.05, 0.1) is 11.4 Å². The lowest BCUT2D eigenvalue weighted by Gasteiger charge is -2.04. The Balaban J connectivity index is 1.85. The molecular formula is C15H18N2O2S. The lowest BCUT2D eigenvalue weighted by Crippen LogP contribution is -2.13. The second-order valence-electron chi connectivity index (χ2n) is 4.51. The van der Waals surface area contributed by atoms with Crippen molar-refractivity contribution in [3.05, 3.63) is 41.3 Å². The van der Waals surface area contributed by atoms with Crippen LogP contribution < -0.4 is 5.32 Å². The Labute approximate surface area is 123 Å². The predicted molar refractivity (Wildman–Crippen MR) is 81.2 cm³/mol. The van der Waals surface area contributed by atoms with E-state index in [0.717, 1.165) is 23.6 Å². The average Bonchev–Trinajstić information content (AvgIpc) is 2.76. The first-order valence-electron chi connectivity index (χ1n) is 6.54. The first-order chi connectivity index (χ1) is 9.58. The van der Waals surface area contributed by atoms with E-state index in [9.17, 15) is 4.79 Å². The number of anilines is 1. The van der Waals surface area contributed by atoms with Gasteiger partial charge in [-0.1, -0.05) is 30.8 Å². The fourth-order valence-corrected chi connectivity index (χ4v) is 2.37. The van der Waals surface area contributed by atoms with Crippen LogP contribution in [0, 0.1) is 13.8 Å². The highest BCUT2D eigenvalue weighted by molar-refractivity contribution is 7.99. The topological polar surface area (TPSA) is 55.1 Å². The van der Waals surface area contributed by atoms with E-state index in [1.807, 2.05) is 38.1 Å². The number of hydrogen-bond donors (Lipinski definition) is 1. The maximum Gasteiger partial charge on any atom is 0.256 e. The minimum Gasteiger partial charge on any atom is -0.437 e. The minimum absolute atomic E-state index is 0.0623. The van der Waals surface area contributed by atoms with Gasteiger partial charge < -0.3 is 9.73 Å². The van der Waals surface area contributed by atoms with Crippen LogP contribution in [0.3, 0.4) is 0 Å². The molecule has 20 heavy (non-hydrogen) atoms. The number of thioether (sulfide) groups is 1. The second-order valence-corrected chi connectivity index (χ2v) is 5.44. The molecule has 2 aromatic rings. The Bertz CT molecular complexity index is 571. The van der Waals surface area contributed by atoms with Crippen molar-refractivity contribution in [3.8, 4) is 0 Å². The molecule has 0 aliphatic rings. The monoisotopic (exact) mass is 290 g/mol. The Hall–Kier alpha value is -1.75. The lowest BCUT2D eigenvalue weighted by molar-refractivity contribution is -0.113. The predicted octanol–water partition coefficient (Wildman–Crippen LogP) is 3.58. The molecule has 0 spiro atoms. The number of carbonyl (C=O) groups excluding carboxylic acids is 1. The highest BCUT2D eigenvalue weighted by Crippen LogP contribution is 2.20. The number of aromatic nitrogens is 1. The van der Waals surface area contributed by atoms with Crippen LogP contribution in [0.15, 0.2) is 33.9 Å². The van der Waals surface area contributed by atoms with E-state index in [-0.39, 0.29) is 11.7 Å². The van der Waals surface area contributed by atoms with E-state index < -0.39 is 0 Å². The van der Waals surface area contributed by atoms with E-state index in [1.165, 1.54) is 17.3 Å². The van der Waals surface area contributed by atoms with Crippen LogP contribution in [0.5, 0.6) is 0 Å². The number of benzene rings is 1. The molecule has 0 fully saturated rings. The minimum atomic E-state index is -0.0623. The molecule has 1 amide bonds. The van der Waals surface area contributed by atoms with Gasteiger partial charge in [0, 0.05) is 5.69 Å². The summed E-state index contributed by atoms with van der Waals surface area (Å²) in [6, 6.07) is 7.87. The molecule has 106 valence electrons. The molecule has 0 saturated heterocycles. The maximum atomic E-state index is 11.8. The summed E-state index contributed by atoms with van der Waals surface area (Å²) in [6.45, 7) is 5.85. The Morgan fingerprint density at radius 2 is 2.00 bits per heavy atom. The van der Waals surface area contributed by atoms with Crippen LogP contribution in [0.1, 0.15) is 23.9 Å². The van der Waals surface area contributed by atoms with Crippen LogP contribution in [0.4, 0.5) is 5.69 Å². The van der Waals surface area contributed by atoms with Gasteiger partial charge in [-0.25, -0.2) is 4.98 Å². The standard InChI is InChI=1S/C15H18N2O2S/c1-4-12-5-7-13(8-6-12)17-14(18)9-20-15-16-10(2)11(3)19-15/h5-8H,4,9H2,1-3H3,(H,17,18). The van der Waals surface area contributed by atoms with E-state index in [0.29, 0.717) is 5.22 Å². The molecule has 1 aromatic heterocycles. The fraction of sp³-hybridized carbons (Fsp3) is 0.333. The van der Waals surface area contributed by atoms with Crippen molar-refractivity contribution >= 4 is 23.4 Å². The smallest absolute Gasteiger partial charge is 0.256 e. The summed E-state index contributed by atoms with van der Waals surface area (Å²) in [6.07, 6.45) is 0.993. The molecular weight excluding hydrogens is 272 g/mol. The van der Waals surface area contributed by atoms with Gasteiger partial charge in [-0.15, -0.1) is 0 Å². The van der Waals surface area contributed by atoms with Gasteiger partial charge in [0.1, 0.15) is 5.76 Å². The molecule has 0 aliphatic heterocycles. The molecule has 0 unspecified atom stereocenters. The van der Waals surface area contributed by atoms with Crippen LogP contribution in [-0.4, -0.2) is 16.6 Å². The molecule has 0 saturated carbocycles. The molecule has 0 atom stereocenters. The summed E-state index contributed by atoms with van der Waals surface area (Å²) < 4.78 is 5.42. The molecule has 5 heteroatoms. The third-order valence-electron chi connectivity index (χ3n) is 2.98. The van der Waals surface area contributed by atoms with Crippen LogP contribution in [0.2, 0.25) is 0 Å². The molecule has 0 aliphatic carbocycles. The number of carbonyl (C=O) groups is 1. The van der Waals surface area contributed by atoms with Crippen molar-refractivity contribution in [2.24, 2.45) is 0 Å². The van der Waals surface area contributed by atoms with Crippen molar-refractivity contribution < 1.29 is 9.21 Å². The Morgan fingerprint density at radius 1 is 1.30 bits per heavy atom. The van der Waals surface area contributed by atoms with Crippen molar-refractivity contribution in [1.29, 1.82) is 0 Å². The van der Waals surface area contributed by atoms with Crippen LogP contribution in [-0.2, 0) is 11.2 Å². The molecule has 2 rings (SSSR count). The molecule has 1 N–H and O–H groups in total. The third kappa shape index (κ3) is 3.87. The van der Waals surface area contributed by atoms with Gasteiger partial charge in [0.25, 0.3) is 5.22 Å². The summed E-state index contributed by atoms with van der Waals surface area (Å²) in [5.41, 5.74) is 2.93. The lowest BCUT2D eigenvalue weighted by atomic mass is 10.1. The summed E-state index contributed by atoms with van der Waals surface area (Å²) >= 11 is 1.30. The zero-order valence-electron chi connectivity index (χ0n) is 11.9. The molecule has 0 radical (unpaired) electrons. The molecule has 0 bridgehead atoms. The van der Waals surface area contributed by atoms with Gasteiger partial charge in [0.2, 0.25) is 5.91 Å². The van der Waals surface area contributed by atoms with Gasteiger partial charge in [0.15, 0.2) is 0 Å². The first-order valence-corrected chi connectivity index (χ1v) is 7.52. The number of nitrogens with one attached hydrogen (secondary N) is 1. The molecule has 1 heterocycles. The summed E-state index contributed by atoms with van der Waals surface area (Å²) in [4.78, 5) is 16.1. The first kappa shape index (κ1) is 14.7. The number of nitrogens with zero attached hydrogens (tertiary/aromatic N) is 1. The van der Waals surface area contributed by atoms with Gasteiger partial charge in [-0.05, 0) is 38.0 Å². The largest absolute Gasteiger partial charge is 0.437 e. The van der Waals surface area contributed by atoms with Gasteiger partial charge in [-0.2, -0.15) is 0 Å². The zero-order valence-corrected chi connectivity index (χ0v) is 12.7. The number of oxazole rings is 1. The normalized spacial score (nSPS) is 10.6. The van der Waals surface area contributed by atoms with E-state index in [2.05, 4.69) is 17.2 Å². The van der Waals surface area contributed by atoms with Gasteiger partial charge >= 0.3 is 0 Å². The molecule has 1 aromatic carbocycles. The SMILES string of the molecule is CCc1ccc(NC(=O)CSc2nc(C)c(C)o2)cc1. The highest BCUT2D eigenvalue weighted by atomic mass is 32.2. The Kier molecular flexibility index (Phi) is 4.84. The van der Waals surface area contributed by atoms with Crippen LogP contribution in [0.25, 0.3) is 0 Å². The zero-order chi connectivity index (χ0) is 14.5. The van der Waals surface area contributed by atoms with E-state index in [1.54, 1.807) is 0 Å². The number of aryl methyl sites for hydroxylation is 3. The third-order valence-corrected chi connectivity index (χ3v) is 3.81. The van der Waals surface area contributed by atoms with E-state index >= 15 is 0 Å². The number of hydrogen-bond acceptors (Lipinski definition) is 4. The maximum absolute atomic E-state index is 11.8. The second kappa shape index (κ2) is 6.61. The fourth-order valence-electron chi connectivity index (χ4n) is 1.65. The number of amides is 1. The van der Waals surface area contributed by atoms with Crippen LogP contribution >= 0.6 is 11.8 Å². The van der Waals surface area contributed by atoms with Crippen molar-refractivity contribution in [2.75, 3.05) is 11.1 Å². The van der Waals surface area contributed by atoms with Crippen molar-refractivity contribution in [1.82, 2.24) is 4.98 Å². The summed E-state index contributed by atoms with van der Waals surface area (Å²) in [7, 11) is 0.